The lowest BCUT2D eigenvalue weighted by Gasteiger charge is -2.34. The van der Waals surface area contributed by atoms with Gasteiger partial charge < -0.3 is 25.4 Å². The standard InChI is InChI=1S/C27H39N5O4/c1-18(2)29-27(35)30-23-6-7-24-22(12-23)13-26(34)32(20(4)17-33)14-19(3)25(36-24)16-31(5)15-21-8-10-28-11-9-21/h6-12,18-20,25,33H,13-17H2,1-5H3,(H2,29,30,35)/t19-,20?,25+/m1/s1. The number of carbonyl (C=O) groups is 2. The Labute approximate surface area is 213 Å². The van der Waals surface area contributed by atoms with Gasteiger partial charge in [-0.05, 0) is 63.7 Å². The lowest BCUT2D eigenvalue weighted by atomic mass is 10.0. The third-order valence-electron chi connectivity index (χ3n) is 6.29. The second-order valence-electron chi connectivity index (χ2n) is 10.0. The van der Waals surface area contributed by atoms with E-state index in [1.807, 2.05) is 46.0 Å². The number of benzene rings is 1. The Morgan fingerprint density at radius 1 is 1.25 bits per heavy atom. The van der Waals surface area contributed by atoms with Gasteiger partial charge in [0, 0.05) is 55.2 Å². The van der Waals surface area contributed by atoms with Crippen LogP contribution in [0, 0.1) is 5.92 Å². The monoisotopic (exact) mass is 497 g/mol. The minimum atomic E-state index is -0.310. The highest BCUT2D eigenvalue weighted by Crippen LogP contribution is 2.29. The Morgan fingerprint density at radius 3 is 2.64 bits per heavy atom. The largest absolute Gasteiger partial charge is 0.488 e. The normalized spacial score (nSPS) is 19.1. The van der Waals surface area contributed by atoms with Crippen LogP contribution < -0.4 is 15.4 Å². The van der Waals surface area contributed by atoms with Crippen LogP contribution in [0.5, 0.6) is 5.75 Å². The summed E-state index contributed by atoms with van der Waals surface area (Å²) >= 11 is 0. The van der Waals surface area contributed by atoms with E-state index in [1.54, 1.807) is 29.4 Å². The molecule has 9 heteroatoms. The average molecular weight is 498 g/mol. The van der Waals surface area contributed by atoms with Gasteiger partial charge in [-0.1, -0.05) is 6.92 Å². The molecule has 1 aromatic heterocycles. The molecule has 36 heavy (non-hydrogen) atoms. The quantitative estimate of drug-likeness (QED) is 0.518. The number of amides is 3. The predicted molar refractivity (Wildman–Crippen MR) is 140 cm³/mol. The van der Waals surface area contributed by atoms with E-state index in [4.69, 9.17) is 4.74 Å². The zero-order valence-corrected chi connectivity index (χ0v) is 21.9. The van der Waals surface area contributed by atoms with Crippen molar-refractivity contribution in [1.82, 2.24) is 20.1 Å². The molecular formula is C27H39N5O4. The molecule has 2 heterocycles. The van der Waals surface area contributed by atoms with Crippen LogP contribution in [0.15, 0.2) is 42.7 Å². The number of aliphatic hydroxyl groups excluding tert-OH is 1. The number of rotatable bonds is 8. The number of anilines is 1. The van der Waals surface area contributed by atoms with Crippen molar-refractivity contribution in [3.05, 3.63) is 53.9 Å². The molecule has 0 fully saturated rings. The fourth-order valence-electron chi connectivity index (χ4n) is 4.33. The molecule has 0 saturated carbocycles. The maximum Gasteiger partial charge on any atom is 0.319 e. The third-order valence-corrected chi connectivity index (χ3v) is 6.29. The van der Waals surface area contributed by atoms with Crippen molar-refractivity contribution in [3.8, 4) is 5.75 Å². The molecule has 3 atom stereocenters. The first-order chi connectivity index (χ1) is 17.2. The summed E-state index contributed by atoms with van der Waals surface area (Å²) in [6.45, 7) is 9.45. The SMILES string of the molecule is CC(C)NC(=O)Nc1ccc2c(c1)CC(=O)N(C(C)CO)C[C@@H](C)[C@H](CN(C)Cc1ccncc1)O2. The van der Waals surface area contributed by atoms with Gasteiger partial charge in [0.15, 0.2) is 0 Å². The summed E-state index contributed by atoms with van der Waals surface area (Å²) in [6.07, 6.45) is 3.49. The molecule has 3 N–H and O–H groups in total. The number of urea groups is 1. The fraction of sp³-hybridized carbons (Fsp3) is 0.519. The average Bonchev–Trinajstić information content (AvgIpc) is 2.86. The number of hydrogen-bond acceptors (Lipinski definition) is 6. The van der Waals surface area contributed by atoms with E-state index in [9.17, 15) is 14.7 Å². The van der Waals surface area contributed by atoms with Crippen LogP contribution in [-0.2, 0) is 17.8 Å². The van der Waals surface area contributed by atoms with Gasteiger partial charge >= 0.3 is 6.03 Å². The second-order valence-corrected chi connectivity index (χ2v) is 10.0. The van der Waals surface area contributed by atoms with E-state index in [0.29, 0.717) is 30.1 Å². The van der Waals surface area contributed by atoms with Gasteiger partial charge in [0.25, 0.3) is 0 Å². The van der Waals surface area contributed by atoms with Gasteiger partial charge in [0.05, 0.1) is 19.1 Å². The van der Waals surface area contributed by atoms with E-state index < -0.39 is 0 Å². The number of aliphatic hydroxyl groups is 1. The minimum absolute atomic E-state index is 0.00248. The summed E-state index contributed by atoms with van der Waals surface area (Å²) in [5, 5.41) is 15.4. The number of carbonyl (C=O) groups excluding carboxylic acids is 2. The van der Waals surface area contributed by atoms with Crippen molar-refractivity contribution in [3.63, 3.8) is 0 Å². The van der Waals surface area contributed by atoms with Crippen LogP contribution in [-0.4, -0.2) is 76.8 Å². The summed E-state index contributed by atoms with van der Waals surface area (Å²) in [5.41, 5.74) is 2.45. The molecular weight excluding hydrogens is 458 g/mol. The maximum atomic E-state index is 13.3. The first-order valence-electron chi connectivity index (χ1n) is 12.5. The summed E-state index contributed by atoms with van der Waals surface area (Å²) in [4.78, 5) is 33.6. The Hall–Kier alpha value is -3.17. The van der Waals surface area contributed by atoms with Gasteiger partial charge in [-0.2, -0.15) is 0 Å². The van der Waals surface area contributed by atoms with Crippen LogP contribution in [0.3, 0.4) is 0 Å². The maximum absolute atomic E-state index is 13.3. The Bertz CT molecular complexity index is 1020. The molecule has 1 aliphatic heterocycles. The fourth-order valence-corrected chi connectivity index (χ4v) is 4.33. The molecule has 0 saturated heterocycles. The molecule has 196 valence electrons. The molecule has 3 rings (SSSR count). The van der Waals surface area contributed by atoms with E-state index in [0.717, 1.165) is 12.1 Å². The summed E-state index contributed by atoms with van der Waals surface area (Å²) < 4.78 is 6.55. The smallest absolute Gasteiger partial charge is 0.319 e. The van der Waals surface area contributed by atoms with Crippen molar-refractivity contribution in [1.29, 1.82) is 0 Å². The summed E-state index contributed by atoms with van der Waals surface area (Å²) in [6, 6.07) is 8.78. The van der Waals surface area contributed by atoms with Gasteiger partial charge in [-0.3, -0.25) is 14.7 Å². The van der Waals surface area contributed by atoms with Crippen LogP contribution in [0.4, 0.5) is 10.5 Å². The van der Waals surface area contributed by atoms with Crippen molar-refractivity contribution >= 4 is 17.6 Å². The van der Waals surface area contributed by atoms with Gasteiger partial charge in [-0.15, -0.1) is 0 Å². The Morgan fingerprint density at radius 2 is 1.97 bits per heavy atom. The molecule has 1 aromatic carbocycles. The number of fused-ring (bicyclic) bond motifs is 1. The number of pyridine rings is 1. The van der Waals surface area contributed by atoms with Crippen molar-refractivity contribution in [2.75, 3.05) is 32.1 Å². The van der Waals surface area contributed by atoms with E-state index in [1.165, 1.54) is 0 Å². The van der Waals surface area contributed by atoms with Gasteiger partial charge in [0.1, 0.15) is 11.9 Å². The molecule has 1 aliphatic rings. The summed E-state index contributed by atoms with van der Waals surface area (Å²) in [7, 11) is 2.05. The van der Waals surface area contributed by atoms with Crippen LogP contribution in [0.1, 0.15) is 38.8 Å². The number of nitrogens with zero attached hydrogens (tertiary/aromatic N) is 3. The van der Waals surface area contributed by atoms with E-state index in [2.05, 4.69) is 27.4 Å². The highest BCUT2D eigenvalue weighted by molar-refractivity contribution is 5.90. The highest BCUT2D eigenvalue weighted by Gasteiger charge is 2.31. The number of ether oxygens (including phenoxy) is 1. The zero-order chi connectivity index (χ0) is 26.2. The number of likely N-dealkylation sites (N-methyl/N-ethyl adjacent to an activating group) is 1. The molecule has 0 aliphatic carbocycles. The lowest BCUT2D eigenvalue weighted by molar-refractivity contribution is -0.134. The highest BCUT2D eigenvalue weighted by atomic mass is 16.5. The second kappa shape index (κ2) is 12.7. The molecule has 0 bridgehead atoms. The molecule has 9 nitrogen and oxygen atoms in total. The molecule has 0 radical (unpaired) electrons. The third kappa shape index (κ3) is 7.66. The zero-order valence-electron chi connectivity index (χ0n) is 21.9. The predicted octanol–water partition coefficient (Wildman–Crippen LogP) is 2.89. The number of hydrogen-bond donors (Lipinski definition) is 3. The first kappa shape index (κ1) is 27.4. The molecule has 3 amide bonds. The van der Waals surface area contributed by atoms with Crippen molar-refractivity contribution in [2.45, 2.75) is 58.8 Å². The van der Waals surface area contributed by atoms with Crippen LogP contribution in [0.25, 0.3) is 0 Å². The topological polar surface area (TPSA) is 107 Å². The van der Waals surface area contributed by atoms with Crippen LogP contribution in [0.2, 0.25) is 0 Å². The Balaban J connectivity index is 1.87. The number of aromatic nitrogens is 1. The molecule has 0 spiro atoms. The molecule has 1 unspecified atom stereocenters. The van der Waals surface area contributed by atoms with Crippen molar-refractivity contribution in [2.24, 2.45) is 5.92 Å². The first-order valence-corrected chi connectivity index (χ1v) is 12.5. The lowest BCUT2D eigenvalue weighted by Crippen LogP contribution is -2.47. The van der Waals surface area contributed by atoms with E-state index in [-0.39, 0.29) is 49.1 Å². The summed E-state index contributed by atoms with van der Waals surface area (Å²) in [5.74, 6) is 0.567. The number of nitrogens with one attached hydrogen (secondary N) is 2. The minimum Gasteiger partial charge on any atom is -0.488 e. The van der Waals surface area contributed by atoms with Crippen molar-refractivity contribution < 1.29 is 19.4 Å². The molecule has 2 aromatic rings. The van der Waals surface area contributed by atoms with Gasteiger partial charge in [0.2, 0.25) is 5.91 Å². The Kier molecular flexibility index (Phi) is 9.66. The van der Waals surface area contributed by atoms with Gasteiger partial charge in [-0.25, -0.2) is 4.79 Å². The van der Waals surface area contributed by atoms with Crippen LogP contribution >= 0.6 is 0 Å². The van der Waals surface area contributed by atoms with E-state index >= 15 is 0 Å².